The highest BCUT2D eigenvalue weighted by atomic mass is 16.5. The van der Waals surface area contributed by atoms with Crippen LogP contribution in [-0.2, 0) is 27.3 Å². The number of nitrogens with zero attached hydrogens (tertiary/aromatic N) is 4. The number of carbonyl (C=O) groups is 2. The smallest absolute Gasteiger partial charge is 0.308 e. The van der Waals surface area contributed by atoms with Crippen molar-refractivity contribution in [3.05, 3.63) is 64.4 Å². The van der Waals surface area contributed by atoms with E-state index >= 15 is 0 Å². The number of hydrogen-bond acceptors (Lipinski definition) is 6. The molecule has 4 rings (SSSR count). The molecular formula is C22H22N4O4. The predicted molar refractivity (Wildman–Crippen MR) is 111 cm³/mol. The highest BCUT2D eigenvalue weighted by Gasteiger charge is 2.28. The number of aromatic nitrogens is 3. The highest BCUT2D eigenvalue weighted by Crippen LogP contribution is 2.27. The Balaban J connectivity index is 1.38. The van der Waals surface area contributed by atoms with Crippen LogP contribution in [0.3, 0.4) is 0 Å². The van der Waals surface area contributed by atoms with E-state index < -0.39 is 12.1 Å². The van der Waals surface area contributed by atoms with Crippen LogP contribution in [-0.4, -0.2) is 39.5 Å². The molecule has 1 atom stereocenters. The predicted octanol–water partition coefficient (Wildman–Crippen LogP) is 2.09. The molecule has 1 aliphatic rings. The number of amides is 1. The summed E-state index contributed by atoms with van der Waals surface area (Å²) in [4.78, 5) is 39.2. The Morgan fingerprint density at radius 1 is 1.13 bits per heavy atom. The van der Waals surface area contributed by atoms with E-state index in [-0.39, 0.29) is 24.4 Å². The Kier molecular flexibility index (Phi) is 5.56. The molecule has 0 fully saturated rings. The van der Waals surface area contributed by atoms with E-state index in [2.05, 4.69) is 10.3 Å². The molecule has 154 valence electrons. The van der Waals surface area contributed by atoms with E-state index in [1.54, 1.807) is 36.1 Å². The average molecular weight is 406 g/mol. The van der Waals surface area contributed by atoms with Crippen LogP contribution in [0, 0.1) is 0 Å². The van der Waals surface area contributed by atoms with Gasteiger partial charge in [0.1, 0.15) is 5.52 Å². The monoisotopic (exact) mass is 406 g/mol. The zero-order chi connectivity index (χ0) is 21.1. The van der Waals surface area contributed by atoms with E-state index in [0.717, 1.165) is 28.8 Å². The van der Waals surface area contributed by atoms with Gasteiger partial charge in [0.05, 0.1) is 18.4 Å². The molecule has 0 saturated carbocycles. The van der Waals surface area contributed by atoms with Gasteiger partial charge in [-0.3, -0.25) is 14.4 Å². The summed E-state index contributed by atoms with van der Waals surface area (Å²) in [7, 11) is 0. The number of benzene rings is 2. The molecule has 0 unspecified atom stereocenters. The second-order valence-electron chi connectivity index (χ2n) is 7.24. The van der Waals surface area contributed by atoms with Gasteiger partial charge in [0.2, 0.25) is 0 Å². The van der Waals surface area contributed by atoms with Crippen molar-refractivity contribution in [2.45, 2.75) is 38.8 Å². The van der Waals surface area contributed by atoms with Crippen LogP contribution in [0.1, 0.15) is 25.3 Å². The number of anilines is 1. The van der Waals surface area contributed by atoms with Gasteiger partial charge < -0.3 is 9.64 Å². The van der Waals surface area contributed by atoms with E-state index in [1.807, 2.05) is 24.3 Å². The van der Waals surface area contributed by atoms with Crippen LogP contribution in [0.15, 0.2) is 53.3 Å². The number of rotatable bonds is 5. The third kappa shape index (κ3) is 3.94. The van der Waals surface area contributed by atoms with Crippen molar-refractivity contribution in [1.82, 2.24) is 15.0 Å². The maximum absolute atomic E-state index is 12.8. The summed E-state index contributed by atoms with van der Waals surface area (Å²) in [5, 5.41) is 8.29. The van der Waals surface area contributed by atoms with Crippen molar-refractivity contribution in [1.29, 1.82) is 0 Å². The lowest BCUT2D eigenvalue weighted by molar-refractivity contribution is -0.154. The van der Waals surface area contributed by atoms with Crippen LogP contribution >= 0.6 is 0 Å². The van der Waals surface area contributed by atoms with Crippen molar-refractivity contribution < 1.29 is 14.3 Å². The van der Waals surface area contributed by atoms with Gasteiger partial charge >= 0.3 is 5.97 Å². The van der Waals surface area contributed by atoms with Crippen LogP contribution < -0.4 is 10.5 Å². The van der Waals surface area contributed by atoms with E-state index in [9.17, 15) is 14.4 Å². The van der Waals surface area contributed by atoms with Crippen LogP contribution in [0.25, 0.3) is 10.9 Å². The van der Waals surface area contributed by atoms with E-state index in [1.165, 1.54) is 0 Å². The molecule has 0 N–H and O–H groups in total. The molecule has 0 aliphatic carbocycles. The highest BCUT2D eigenvalue weighted by molar-refractivity contribution is 5.98. The van der Waals surface area contributed by atoms with Crippen LogP contribution in [0.4, 0.5) is 5.69 Å². The van der Waals surface area contributed by atoms with Gasteiger partial charge in [-0.05, 0) is 43.5 Å². The first-order valence-electron chi connectivity index (χ1n) is 9.96. The van der Waals surface area contributed by atoms with E-state index in [0.29, 0.717) is 17.4 Å². The number of fused-ring (bicyclic) bond motifs is 2. The van der Waals surface area contributed by atoms with Gasteiger partial charge in [0.15, 0.2) is 6.10 Å². The fourth-order valence-corrected chi connectivity index (χ4v) is 3.66. The van der Waals surface area contributed by atoms with E-state index in [4.69, 9.17) is 4.74 Å². The van der Waals surface area contributed by atoms with Gasteiger partial charge in [-0.15, -0.1) is 5.10 Å². The number of ether oxygens (including phenoxy) is 1. The second kappa shape index (κ2) is 8.44. The minimum absolute atomic E-state index is 0.0307. The average Bonchev–Trinajstić information content (AvgIpc) is 2.78. The largest absolute Gasteiger partial charge is 0.452 e. The summed E-state index contributed by atoms with van der Waals surface area (Å²) < 4.78 is 6.47. The zero-order valence-corrected chi connectivity index (χ0v) is 16.7. The number of esters is 1. The zero-order valence-electron chi connectivity index (χ0n) is 16.7. The molecule has 8 nitrogen and oxygen atoms in total. The first kappa shape index (κ1) is 19.8. The number of carbonyl (C=O) groups excluding carboxylic acids is 2. The lowest BCUT2D eigenvalue weighted by Gasteiger charge is -2.31. The molecule has 8 heteroatoms. The van der Waals surface area contributed by atoms with Gasteiger partial charge in [-0.1, -0.05) is 35.5 Å². The molecule has 0 saturated heterocycles. The molecule has 0 radical (unpaired) electrons. The van der Waals surface area contributed by atoms with Gasteiger partial charge in [-0.2, -0.15) is 0 Å². The van der Waals surface area contributed by atoms with Crippen LogP contribution in [0.5, 0.6) is 0 Å². The van der Waals surface area contributed by atoms with Crippen LogP contribution in [0.2, 0.25) is 0 Å². The first-order valence-corrected chi connectivity index (χ1v) is 9.96. The van der Waals surface area contributed by atoms with Crippen molar-refractivity contribution in [2.75, 3.05) is 11.4 Å². The minimum Gasteiger partial charge on any atom is -0.452 e. The van der Waals surface area contributed by atoms with Crippen molar-refractivity contribution >= 4 is 28.5 Å². The van der Waals surface area contributed by atoms with Gasteiger partial charge in [-0.25, -0.2) is 4.68 Å². The summed E-state index contributed by atoms with van der Waals surface area (Å²) in [6.45, 7) is 2.20. The summed E-state index contributed by atoms with van der Waals surface area (Å²) in [5.41, 5.74) is 2.17. The Hall–Kier alpha value is -3.55. The topological polar surface area (TPSA) is 94.4 Å². The lowest BCUT2D eigenvalue weighted by Crippen LogP contribution is -2.42. The normalized spacial score (nSPS) is 14.2. The molecule has 2 heterocycles. The molecule has 1 aliphatic heterocycles. The molecule has 2 aromatic carbocycles. The molecule has 1 aromatic heterocycles. The van der Waals surface area contributed by atoms with Gasteiger partial charge in [0, 0.05) is 12.2 Å². The molecule has 0 spiro atoms. The summed E-state index contributed by atoms with van der Waals surface area (Å²) in [5.74, 6) is -0.818. The molecule has 3 aromatic rings. The molecule has 1 amide bonds. The third-order valence-electron chi connectivity index (χ3n) is 5.19. The Labute approximate surface area is 173 Å². The SMILES string of the molecule is C[C@H](OC(=O)CCn1nnc2ccccc2c1=O)C(=O)N1CCCc2ccccc21. The van der Waals surface area contributed by atoms with Crippen molar-refractivity contribution in [3.8, 4) is 0 Å². The minimum atomic E-state index is -0.914. The summed E-state index contributed by atoms with van der Waals surface area (Å²) in [6.07, 6.45) is 0.798. The fourth-order valence-electron chi connectivity index (χ4n) is 3.66. The quantitative estimate of drug-likeness (QED) is 0.602. The first-order chi connectivity index (χ1) is 14.5. The Bertz CT molecular complexity index is 1160. The summed E-state index contributed by atoms with van der Waals surface area (Å²) in [6, 6.07) is 14.6. The van der Waals surface area contributed by atoms with Gasteiger partial charge in [0.25, 0.3) is 11.5 Å². The number of aryl methyl sites for hydroxylation is 2. The maximum Gasteiger partial charge on any atom is 0.308 e. The molecule has 30 heavy (non-hydrogen) atoms. The third-order valence-corrected chi connectivity index (χ3v) is 5.19. The Morgan fingerprint density at radius 2 is 1.90 bits per heavy atom. The number of para-hydroxylation sites is 1. The Morgan fingerprint density at radius 3 is 2.77 bits per heavy atom. The molecular weight excluding hydrogens is 384 g/mol. The second-order valence-corrected chi connectivity index (χ2v) is 7.24. The standard InChI is InChI=1S/C22H22N4O4/c1-15(21(28)25-13-6-8-16-7-2-5-11-19(16)25)30-20(27)12-14-26-22(29)17-9-3-4-10-18(17)23-24-26/h2-5,7,9-11,15H,6,8,12-14H2,1H3/t15-/m0/s1. The lowest BCUT2D eigenvalue weighted by atomic mass is 10.0. The maximum atomic E-state index is 12.8. The fraction of sp³-hybridized carbons (Fsp3) is 0.318. The molecule has 0 bridgehead atoms. The number of hydrogen-bond donors (Lipinski definition) is 0. The summed E-state index contributed by atoms with van der Waals surface area (Å²) >= 11 is 0. The van der Waals surface area contributed by atoms with Crippen molar-refractivity contribution in [2.24, 2.45) is 0 Å². The van der Waals surface area contributed by atoms with Crippen molar-refractivity contribution in [3.63, 3.8) is 0 Å².